The van der Waals surface area contributed by atoms with Crippen LogP contribution in [0.15, 0.2) is 34.9 Å². The van der Waals surface area contributed by atoms with Crippen LogP contribution in [0.4, 0.5) is 4.79 Å². The predicted molar refractivity (Wildman–Crippen MR) is 112 cm³/mol. The molecule has 0 unspecified atom stereocenters. The van der Waals surface area contributed by atoms with Crippen LogP contribution in [0.25, 0.3) is 11.3 Å². The second-order valence-corrected chi connectivity index (χ2v) is 8.89. The molecular formula is C21H25BrN4O3. The lowest BCUT2D eigenvalue weighted by molar-refractivity contribution is -0.134. The Morgan fingerprint density at radius 3 is 2.72 bits per heavy atom. The number of benzene rings is 1. The molecule has 1 saturated carbocycles. The number of halogens is 1. The van der Waals surface area contributed by atoms with Gasteiger partial charge < -0.3 is 19.9 Å². The van der Waals surface area contributed by atoms with Crippen molar-refractivity contribution in [2.75, 3.05) is 13.7 Å². The number of hydrogen-bond donors (Lipinski definition) is 2. The van der Waals surface area contributed by atoms with Crippen molar-refractivity contribution in [3.05, 3.63) is 40.8 Å². The van der Waals surface area contributed by atoms with Gasteiger partial charge in [-0.1, -0.05) is 35.0 Å². The topological polar surface area (TPSA) is 87.3 Å². The highest BCUT2D eigenvalue weighted by atomic mass is 79.9. The van der Waals surface area contributed by atoms with Gasteiger partial charge in [-0.25, -0.2) is 9.78 Å². The molecule has 2 aliphatic rings. The number of H-pyrrole nitrogens is 1. The second-order valence-electron chi connectivity index (χ2n) is 7.97. The highest BCUT2D eigenvalue weighted by Crippen LogP contribution is 2.58. The molecule has 2 atom stereocenters. The van der Waals surface area contributed by atoms with E-state index in [9.17, 15) is 9.59 Å². The van der Waals surface area contributed by atoms with E-state index in [0.717, 1.165) is 40.8 Å². The Morgan fingerprint density at radius 1 is 1.38 bits per heavy atom. The molecule has 0 bridgehead atoms. The number of carbonyl (C=O) groups is 2. The SMILES string of the molecule is CC[C@H](NC(=O)OC)C(=O)N1CC2(CC2)C[C@H]1c1ncc(-c2ccc(Br)cc2)[nH]1. The van der Waals surface area contributed by atoms with E-state index in [0.29, 0.717) is 13.0 Å². The maximum absolute atomic E-state index is 13.3. The van der Waals surface area contributed by atoms with Gasteiger partial charge in [0.15, 0.2) is 0 Å². The van der Waals surface area contributed by atoms with E-state index in [1.165, 1.54) is 7.11 Å². The zero-order valence-corrected chi connectivity index (χ0v) is 18.2. The van der Waals surface area contributed by atoms with Crippen molar-refractivity contribution in [2.24, 2.45) is 5.41 Å². The third-order valence-electron chi connectivity index (χ3n) is 6.00. The van der Waals surface area contributed by atoms with Gasteiger partial charge in [0.25, 0.3) is 0 Å². The number of nitrogens with one attached hydrogen (secondary N) is 2. The Bertz CT molecular complexity index is 907. The molecule has 2 amide bonds. The minimum absolute atomic E-state index is 0.0757. The van der Waals surface area contributed by atoms with E-state index in [-0.39, 0.29) is 17.4 Å². The molecule has 2 heterocycles. The molecule has 1 saturated heterocycles. The number of likely N-dealkylation sites (tertiary alicyclic amines) is 1. The Labute approximate surface area is 178 Å². The molecule has 1 aliphatic carbocycles. The molecule has 2 fully saturated rings. The zero-order valence-electron chi connectivity index (χ0n) is 16.6. The first-order chi connectivity index (χ1) is 13.9. The van der Waals surface area contributed by atoms with Gasteiger partial charge in [0.05, 0.1) is 25.0 Å². The number of hydrogen-bond acceptors (Lipinski definition) is 4. The summed E-state index contributed by atoms with van der Waals surface area (Å²) in [6.45, 7) is 2.60. The van der Waals surface area contributed by atoms with Crippen LogP contribution in [0.5, 0.6) is 0 Å². The lowest BCUT2D eigenvalue weighted by Gasteiger charge is -2.27. The third kappa shape index (κ3) is 4.03. The molecule has 8 heteroatoms. The van der Waals surface area contributed by atoms with Gasteiger partial charge in [0, 0.05) is 11.0 Å². The summed E-state index contributed by atoms with van der Waals surface area (Å²) in [6, 6.07) is 7.32. The summed E-state index contributed by atoms with van der Waals surface area (Å²) in [5, 5.41) is 2.66. The summed E-state index contributed by atoms with van der Waals surface area (Å²) in [5.41, 5.74) is 2.17. The van der Waals surface area contributed by atoms with Gasteiger partial charge in [-0.15, -0.1) is 0 Å². The summed E-state index contributed by atoms with van der Waals surface area (Å²) < 4.78 is 5.70. The maximum atomic E-state index is 13.3. The van der Waals surface area contributed by atoms with Crippen molar-refractivity contribution in [2.45, 2.75) is 44.7 Å². The quantitative estimate of drug-likeness (QED) is 0.704. The van der Waals surface area contributed by atoms with Crippen molar-refractivity contribution in [1.82, 2.24) is 20.2 Å². The van der Waals surface area contributed by atoms with Crippen LogP contribution >= 0.6 is 15.9 Å². The Morgan fingerprint density at radius 2 is 2.10 bits per heavy atom. The van der Waals surface area contributed by atoms with Crippen LogP contribution in [0.1, 0.15) is 44.5 Å². The zero-order chi connectivity index (χ0) is 20.6. The van der Waals surface area contributed by atoms with Crippen molar-refractivity contribution in [3.63, 3.8) is 0 Å². The number of alkyl carbamates (subject to hydrolysis) is 1. The van der Waals surface area contributed by atoms with Crippen LogP contribution < -0.4 is 5.32 Å². The molecule has 7 nitrogen and oxygen atoms in total. The molecular weight excluding hydrogens is 436 g/mol. The predicted octanol–water partition coefficient (Wildman–Crippen LogP) is 4.03. The first-order valence-electron chi connectivity index (χ1n) is 9.90. The fourth-order valence-electron chi connectivity index (χ4n) is 4.09. The van der Waals surface area contributed by atoms with Gasteiger partial charge in [0.1, 0.15) is 11.9 Å². The summed E-state index contributed by atoms with van der Waals surface area (Å²) in [5.74, 6) is 0.723. The van der Waals surface area contributed by atoms with Crippen molar-refractivity contribution >= 4 is 27.9 Å². The summed E-state index contributed by atoms with van der Waals surface area (Å²) in [4.78, 5) is 34.8. The van der Waals surface area contributed by atoms with Crippen LogP contribution in [-0.4, -0.2) is 46.6 Å². The van der Waals surface area contributed by atoms with Gasteiger partial charge >= 0.3 is 6.09 Å². The number of imidazole rings is 1. The molecule has 1 aromatic heterocycles. The Balaban J connectivity index is 1.57. The van der Waals surface area contributed by atoms with E-state index in [2.05, 4.69) is 36.0 Å². The van der Waals surface area contributed by atoms with Gasteiger partial charge in [-0.2, -0.15) is 0 Å². The summed E-state index contributed by atoms with van der Waals surface area (Å²) in [6.07, 6.45) is 4.91. The standard InChI is InChI=1S/C21H25BrN4O3/c1-3-15(25-20(28)29-2)19(27)26-12-21(8-9-21)10-17(26)18-23-11-16(24-18)13-4-6-14(22)7-5-13/h4-7,11,15,17H,3,8-10,12H2,1-2H3,(H,23,24)(H,25,28)/t15-,17-/m0/s1. The van der Waals surface area contributed by atoms with E-state index >= 15 is 0 Å². The lowest BCUT2D eigenvalue weighted by atomic mass is 10.0. The van der Waals surface area contributed by atoms with E-state index in [1.807, 2.05) is 42.3 Å². The maximum Gasteiger partial charge on any atom is 0.407 e. The molecule has 1 aromatic carbocycles. The number of amides is 2. The number of nitrogens with zero attached hydrogens (tertiary/aromatic N) is 2. The third-order valence-corrected chi connectivity index (χ3v) is 6.53. The largest absolute Gasteiger partial charge is 0.453 e. The molecule has 29 heavy (non-hydrogen) atoms. The van der Waals surface area contributed by atoms with Gasteiger partial charge in [-0.3, -0.25) is 4.79 Å². The first-order valence-corrected chi connectivity index (χ1v) is 10.7. The average molecular weight is 461 g/mol. The Kier molecular flexibility index (Phi) is 5.38. The molecule has 2 aromatic rings. The smallest absolute Gasteiger partial charge is 0.407 e. The molecule has 154 valence electrons. The minimum Gasteiger partial charge on any atom is -0.453 e. The molecule has 1 aliphatic heterocycles. The molecule has 0 radical (unpaired) electrons. The molecule has 1 spiro atoms. The fraction of sp³-hybridized carbons (Fsp3) is 0.476. The van der Waals surface area contributed by atoms with Crippen molar-refractivity contribution in [1.29, 1.82) is 0 Å². The number of carbonyl (C=O) groups excluding carboxylic acids is 2. The van der Waals surface area contributed by atoms with Gasteiger partial charge in [-0.05, 0) is 48.8 Å². The second kappa shape index (κ2) is 7.82. The van der Waals surface area contributed by atoms with Crippen LogP contribution in [0.2, 0.25) is 0 Å². The number of aromatic amines is 1. The highest BCUT2D eigenvalue weighted by Gasteiger charge is 2.54. The Hall–Kier alpha value is -2.35. The normalized spacial score (nSPS) is 20.5. The van der Waals surface area contributed by atoms with E-state index < -0.39 is 12.1 Å². The van der Waals surface area contributed by atoms with Gasteiger partial charge in [0.2, 0.25) is 5.91 Å². The fourth-order valence-corrected chi connectivity index (χ4v) is 4.36. The highest BCUT2D eigenvalue weighted by molar-refractivity contribution is 9.10. The number of methoxy groups -OCH3 is 1. The number of ether oxygens (including phenoxy) is 1. The average Bonchev–Trinajstić information content (AvgIpc) is 3.14. The van der Waals surface area contributed by atoms with Crippen molar-refractivity contribution in [3.8, 4) is 11.3 Å². The van der Waals surface area contributed by atoms with Crippen LogP contribution in [-0.2, 0) is 9.53 Å². The van der Waals surface area contributed by atoms with E-state index in [4.69, 9.17) is 0 Å². The molecule has 2 N–H and O–H groups in total. The van der Waals surface area contributed by atoms with Crippen LogP contribution in [0.3, 0.4) is 0 Å². The first kappa shape index (κ1) is 19.9. The van der Waals surface area contributed by atoms with Crippen molar-refractivity contribution < 1.29 is 14.3 Å². The summed E-state index contributed by atoms with van der Waals surface area (Å²) >= 11 is 3.45. The summed E-state index contributed by atoms with van der Waals surface area (Å²) in [7, 11) is 1.30. The minimum atomic E-state index is -0.597. The number of aromatic nitrogens is 2. The monoisotopic (exact) mass is 460 g/mol. The number of rotatable bonds is 5. The van der Waals surface area contributed by atoms with E-state index in [1.54, 1.807) is 0 Å². The lowest BCUT2D eigenvalue weighted by Crippen LogP contribution is -2.48. The molecule has 4 rings (SSSR count). The van der Waals surface area contributed by atoms with Crippen LogP contribution in [0, 0.1) is 5.41 Å².